The number of nitrogens with one attached hydrogen (secondary N) is 1. The molecule has 1 aromatic heterocycles. The number of nitrogens with two attached hydrogens (primary N) is 1. The maximum Gasteiger partial charge on any atom is 0.223 e. The Morgan fingerprint density at radius 2 is 2.06 bits per heavy atom. The monoisotopic (exact) mass is 246 g/mol. The number of primary amides is 1. The molecule has 0 spiro atoms. The minimum Gasteiger partial charge on any atom is -0.369 e. The third kappa shape index (κ3) is 2.84. The molecule has 18 heavy (non-hydrogen) atoms. The molecule has 1 aliphatic rings. The summed E-state index contributed by atoms with van der Waals surface area (Å²) in [7, 11) is 0. The molecule has 0 aliphatic heterocycles. The van der Waals surface area contributed by atoms with Crippen LogP contribution in [-0.4, -0.2) is 10.9 Å². The van der Waals surface area contributed by atoms with E-state index in [2.05, 4.69) is 24.1 Å². The number of carbonyl (C=O) groups excluding carboxylic acids is 1. The van der Waals surface area contributed by atoms with E-state index in [0.717, 1.165) is 31.4 Å². The number of hydrogen-bond donors (Lipinski definition) is 2. The van der Waals surface area contributed by atoms with Crippen molar-refractivity contribution >= 4 is 12.0 Å². The fourth-order valence-electron chi connectivity index (χ4n) is 2.68. The zero-order valence-electron chi connectivity index (χ0n) is 11.1. The van der Waals surface area contributed by atoms with Crippen LogP contribution in [-0.2, 0) is 24.1 Å². The second-order valence-corrected chi connectivity index (χ2v) is 5.02. The van der Waals surface area contributed by atoms with Crippen molar-refractivity contribution in [2.45, 2.75) is 51.9 Å². The molecule has 98 valence electrons. The van der Waals surface area contributed by atoms with Crippen molar-refractivity contribution in [3.05, 3.63) is 28.6 Å². The number of unbranched alkanes of at least 4 members (excludes halogenated alkanes) is 1. The van der Waals surface area contributed by atoms with Gasteiger partial charge in [-0.25, -0.2) is 0 Å². The Morgan fingerprint density at radius 3 is 2.72 bits per heavy atom. The van der Waals surface area contributed by atoms with Crippen molar-refractivity contribution in [3.8, 4) is 0 Å². The molecule has 3 heteroatoms. The molecule has 1 aliphatic carbocycles. The topological polar surface area (TPSA) is 58.9 Å². The first kappa shape index (κ1) is 12.9. The van der Waals surface area contributed by atoms with E-state index >= 15 is 0 Å². The van der Waals surface area contributed by atoms with Crippen LogP contribution in [0.15, 0.2) is 6.08 Å². The largest absolute Gasteiger partial charge is 0.369 e. The quantitative estimate of drug-likeness (QED) is 0.824. The van der Waals surface area contributed by atoms with Gasteiger partial charge in [-0.3, -0.25) is 4.79 Å². The average Bonchev–Trinajstić information content (AvgIpc) is 2.68. The number of carbonyl (C=O) groups is 1. The van der Waals surface area contributed by atoms with Crippen LogP contribution in [0.25, 0.3) is 6.08 Å². The van der Waals surface area contributed by atoms with Gasteiger partial charge in [0, 0.05) is 11.4 Å². The highest BCUT2D eigenvalue weighted by Gasteiger charge is 2.19. The Balaban J connectivity index is 2.29. The van der Waals surface area contributed by atoms with Crippen molar-refractivity contribution in [2.75, 3.05) is 0 Å². The van der Waals surface area contributed by atoms with Crippen LogP contribution in [0.3, 0.4) is 0 Å². The van der Waals surface area contributed by atoms with E-state index in [4.69, 9.17) is 5.73 Å². The van der Waals surface area contributed by atoms with Crippen molar-refractivity contribution in [2.24, 2.45) is 5.73 Å². The highest BCUT2D eigenvalue weighted by Crippen LogP contribution is 2.29. The molecule has 0 atom stereocenters. The molecule has 2 rings (SSSR count). The zero-order valence-corrected chi connectivity index (χ0v) is 11.1. The summed E-state index contributed by atoms with van der Waals surface area (Å²) in [5.74, 6) is -0.256. The second kappa shape index (κ2) is 5.89. The van der Waals surface area contributed by atoms with E-state index in [-0.39, 0.29) is 5.91 Å². The summed E-state index contributed by atoms with van der Waals surface area (Å²) in [6.45, 7) is 2.17. The van der Waals surface area contributed by atoms with Gasteiger partial charge >= 0.3 is 0 Å². The summed E-state index contributed by atoms with van der Waals surface area (Å²) in [5.41, 5.74) is 10.3. The lowest BCUT2D eigenvalue weighted by atomic mass is 9.91. The molecule has 0 saturated heterocycles. The lowest BCUT2D eigenvalue weighted by Crippen LogP contribution is -2.15. The molecular formula is C15H22N2O. The fourth-order valence-corrected chi connectivity index (χ4v) is 2.68. The van der Waals surface area contributed by atoms with Crippen LogP contribution in [0, 0.1) is 0 Å². The molecule has 1 aromatic rings. The maximum absolute atomic E-state index is 11.1. The maximum atomic E-state index is 11.1. The lowest BCUT2D eigenvalue weighted by Gasteiger charge is -2.12. The van der Waals surface area contributed by atoms with Crippen molar-refractivity contribution in [1.29, 1.82) is 0 Å². The van der Waals surface area contributed by atoms with Gasteiger partial charge in [-0.15, -0.1) is 0 Å². The first-order valence-corrected chi connectivity index (χ1v) is 6.89. The first-order valence-electron chi connectivity index (χ1n) is 6.89. The fraction of sp³-hybridized carbons (Fsp3) is 0.533. The molecule has 0 fully saturated rings. The molecule has 1 amide bonds. The predicted octanol–water partition coefficient (Wildman–Crippen LogP) is 2.73. The van der Waals surface area contributed by atoms with Crippen LogP contribution < -0.4 is 5.73 Å². The molecule has 0 aromatic carbocycles. The van der Waals surface area contributed by atoms with Crippen LogP contribution >= 0.6 is 0 Å². The smallest absolute Gasteiger partial charge is 0.223 e. The predicted molar refractivity (Wildman–Crippen MR) is 74.3 cm³/mol. The number of hydrogen-bond acceptors (Lipinski definition) is 1. The molecule has 0 unspecified atom stereocenters. The van der Waals surface area contributed by atoms with Gasteiger partial charge in [0.1, 0.15) is 0 Å². The molecule has 0 saturated carbocycles. The van der Waals surface area contributed by atoms with Gasteiger partial charge in [0.25, 0.3) is 0 Å². The summed E-state index contributed by atoms with van der Waals surface area (Å²) < 4.78 is 0. The van der Waals surface area contributed by atoms with E-state index in [1.807, 2.05) is 0 Å². The third-order valence-corrected chi connectivity index (χ3v) is 3.53. The Morgan fingerprint density at radius 1 is 1.33 bits per heavy atom. The van der Waals surface area contributed by atoms with E-state index in [9.17, 15) is 4.79 Å². The SMILES string of the molecule is CCC/C=C\c1[nH]c(CC(N)=O)c2c1CCCC2. The van der Waals surface area contributed by atoms with E-state index in [1.165, 1.54) is 29.7 Å². The van der Waals surface area contributed by atoms with Gasteiger partial charge < -0.3 is 10.7 Å². The van der Waals surface area contributed by atoms with E-state index in [0.29, 0.717) is 6.42 Å². The standard InChI is InChI=1S/C15H22N2O/c1-2-3-4-9-13-11-7-5-6-8-12(11)14(17-13)10-15(16)18/h4,9,17H,2-3,5-8,10H2,1H3,(H2,16,18)/b9-4-. The summed E-state index contributed by atoms with van der Waals surface area (Å²) in [6.07, 6.45) is 11.6. The van der Waals surface area contributed by atoms with Gasteiger partial charge in [0.15, 0.2) is 0 Å². The van der Waals surface area contributed by atoms with Crippen LogP contribution in [0.2, 0.25) is 0 Å². The number of amides is 1. The number of H-pyrrole nitrogens is 1. The number of aromatic amines is 1. The summed E-state index contributed by atoms with van der Waals surface area (Å²) in [6, 6.07) is 0. The van der Waals surface area contributed by atoms with Gasteiger partial charge in [0.05, 0.1) is 6.42 Å². The summed E-state index contributed by atoms with van der Waals surface area (Å²) in [4.78, 5) is 14.5. The Bertz CT molecular complexity index is 457. The normalized spacial score (nSPS) is 14.9. The van der Waals surface area contributed by atoms with Gasteiger partial charge in [-0.05, 0) is 49.3 Å². The molecule has 3 N–H and O–H groups in total. The Hall–Kier alpha value is -1.51. The molecule has 0 radical (unpaired) electrons. The molecule has 3 nitrogen and oxygen atoms in total. The zero-order chi connectivity index (χ0) is 13.0. The average molecular weight is 246 g/mol. The van der Waals surface area contributed by atoms with Crippen LogP contribution in [0.4, 0.5) is 0 Å². The van der Waals surface area contributed by atoms with Gasteiger partial charge in [0.2, 0.25) is 5.91 Å². The number of rotatable bonds is 5. The highest BCUT2D eigenvalue weighted by molar-refractivity contribution is 5.77. The molecule has 0 bridgehead atoms. The molecular weight excluding hydrogens is 224 g/mol. The van der Waals surface area contributed by atoms with Crippen molar-refractivity contribution in [1.82, 2.24) is 4.98 Å². The van der Waals surface area contributed by atoms with E-state index < -0.39 is 0 Å². The van der Waals surface area contributed by atoms with Gasteiger partial charge in [-0.2, -0.15) is 0 Å². The summed E-state index contributed by atoms with van der Waals surface area (Å²) in [5, 5.41) is 0. The minimum absolute atomic E-state index is 0.256. The van der Waals surface area contributed by atoms with Crippen LogP contribution in [0.5, 0.6) is 0 Å². The third-order valence-electron chi connectivity index (χ3n) is 3.53. The molecule has 1 heterocycles. The highest BCUT2D eigenvalue weighted by atomic mass is 16.1. The Labute approximate surface area is 108 Å². The number of fused-ring (bicyclic) bond motifs is 1. The van der Waals surface area contributed by atoms with Gasteiger partial charge in [-0.1, -0.05) is 19.4 Å². The minimum atomic E-state index is -0.256. The van der Waals surface area contributed by atoms with Crippen molar-refractivity contribution < 1.29 is 4.79 Å². The summed E-state index contributed by atoms with van der Waals surface area (Å²) >= 11 is 0. The number of aromatic nitrogens is 1. The van der Waals surface area contributed by atoms with Crippen LogP contribution in [0.1, 0.15) is 55.1 Å². The Kier molecular flexibility index (Phi) is 4.24. The lowest BCUT2D eigenvalue weighted by molar-refractivity contribution is -0.117. The number of allylic oxidation sites excluding steroid dienone is 1. The first-order chi connectivity index (χ1) is 8.72. The van der Waals surface area contributed by atoms with Crippen molar-refractivity contribution in [3.63, 3.8) is 0 Å². The van der Waals surface area contributed by atoms with E-state index in [1.54, 1.807) is 0 Å². The second-order valence-electron chi connectivity index (χ2n) is 5.02.